The molecule has 2 aromatic carbocycles. The Morgan fingerprint density at radius 1 is 0.839 bits per heavy atom. The summed E-state index contributed by atoms with van der Waals surface area (Å²) < 4.78 is 3.81. The second kappa shape index (κ2) is 8.60. The van der Waals surface area contributed by atoms with E-state index in [4.69, 9.17) is 0 Å². The Bertz CT molecular complexity index is 1210. The Hall–Kier alpha value is -3.67. The van der Waals surface area contributed by atoms with Crippen LogP contribution in [0.25, 0.3) is 5.69 Å². The van der Waals surface area contributed by atoms with Gasteiger partial charge in [0.2, 0.25) is 0 Å². The Balaban J connectivity index is 1.52. The highest BCUT2D eigenvalue weighted by Gasteiger charge is 2.20. The van der Waals surface area contributed by atoms with Crippen molar-refractivity contribution in [3.63, 3.8) is 0 Å². The second-order valence-corrected chi connectivity index (χ2v) is 7.77. The molecule has 1 amide bonds. The van der Waals surface area contributed by atoms with Gasteiger partial charge in [0.25, 0.3) is 5.91 Å². The van der Waals surface area contributed by atoms with Gasteiger partial charge in [-0.3, -0.25) is 9.48 Å². The number of amides is 1. The van der Waals surface area contributed by atoms with Crippen molar-refractivity contribution < 1.29 is 4.79 Å². The van der Waals surface area contributed by atoms with Gasteiger partial charge < -0.3 is 5.32 Å². The average Bonchev–Trinajstić information content (AvgIpc) is 3.22. The highest BCUT2D eigenvalue weighted by molar-refractivity contribution is 5.96. The fraction of sp³-hybridized carbons (Fsp3) is 0.240. The summed E-state index contributed by atoms with van der Waals surface area (Å²) in [6, 6.07) is 20.2. The first-order chi connectivity index (χ1) is 15.0. The van der Waals surface area contributed by atoms with Crippen LogP contribution in [0.1, 0.15) is 44.3 Å². The van der Waals surface area contributed by atoms with Crippen LogP contribution in [0.5, 0.6) is 0 Å². The van der Waals surface area contributed by atoms with Crippen molar-refractivity contribution in [1.29, 1.82) is 0 Å². The number of benzene rings is 2. The van der Waals surface area contributed by atoms with Gasteiger partial charge in [0.1, 0.15) is 0 Å². The number of rotatable bonds is 6. The van der Waals surface area contributed by atoms with E-state index in [0.29, 0.717) is 18.7 Å². The first kappa shape index (κ1) is 20.6. The molecule has 0 aliphatic heterocycles. The summed E-state index contributed by atoms with van der Waals surface area (Å²) in [4.78, 5) is 13.0. The maximum Gasteiger partial charge on any atom is 0.255 e. The van der Waals surface area contributed by atoms with E-state index < -0.39 is 0 Å². The molecule has 0 fully saturated rings. The van der Waals surface area contributed by atoms with E-state index >= 15 is 0 Å². The Morgan fingerprint density at radius 3 is 2.16 bits per heavy atom. The maximum atomic E-state index is 13.0. The van der Waals surface area contributed by atoms with Crippen LogP contribution >= 0.6 is 0 Å². The van der Waals surface area contributed by atoms with Crippen molar-refractivity contribution >= 4 is 5.91 Å². The van der Waals surface area contributed by atoms with Crippen molar-refractivity contribution in [1.82, 2.24) is 24.9 Å². The van der Waals surface area contributed by atoms with Gasteiger partial charge >= 0.3 is 0 Å². The minimum Gasteiger partial charge on any atom is -0.348 e. The van der Waals surface area contributed by atoms with Gasteiger partial charge in [0.05, 0.1) is 29.2 Å². The van der Waals surface area contributed by atoms with Crippen molar-refractivity contribution in [2.45, 2.75) is 40.8 Å². The predicted molar refractivity (Wildman–Crippen MR) is 121 cm³/mol. The molecule has 0 radical (unpaired) electrons. The van der Waals surface area contributed by atoms with Crippen LogP contribution in [-0.2, 0) is 13.1 Å². The highest BCUT2D eigenvalue weighted by atomic mass is 16.1. The number of aryl methyl sites for hydroxylation is 2. The molecule has 2 heterocycles. The molecule has 158 valence electrons. The third-order valence-electron chi connectivity index (χ3n) is 5.65. The molecule has 1 N–H and O–H groups in total. The largest absolute Gasteiger partial charge is 0.348 e. The topological polar surface area (TPSA) is 64.7 Å². The SMILES string of the molecule is Cc1nn(-c2ccccc2)c(C)c1CNC(=O)c1c(C)nn(Cc2ccccc2)c1C. The minimum absolute atomic E-state index is 0.111. The number of hydrogen-bond acceptors (Lipinski definition) is 3. The van der Waals surface area contributed by atoms with Crippen LogP contribution < -0.4 is 5.32 Å². The van der Waals surface area contributed by atoms with E-state index in [1.54, 1.807) is 0 Å². The normalized spacial score (nSPS) is 11.0. The van der Waals surface area contributed by atoms with Crippen LogP contribution in [0.2, 0.25) is 0 Å². The number of carbonyl (C=O) groups excluding carboxylic acids is 1. The molecule has 0 bridgehead atoms. The van der Waals surface area contributed by atoms with E-state index in [0.717, 1.165) is 39.6 Å². The molecular weight excluding hydrogens is 386 g/mol. The van der Waals surface area contributed by atoms with E-state index in [9.17, 15) is 4.79 Å². The Kier molecular flexibility index (Phi) is 5.71. The number of carbonyl (C=O) groups is 1. The molecule has 0 aliphatic carbocycles. The van der Waals surface area contributed by atoms with E-state index in [1.165, 1.54) is 0 Å². The summed E-state index contributed by atoms with van der Waals surface area (Å²) in [6.45, 7) is 8.90. The fourth-order valence-electron chi connectivity index (χ4n) is 3.94. The van der Waals surface area contributed by atoms with Gasteiger partial charge in [-0.15, -0.1) is 0 Å². The van der Waals surface area contributed by atoms with E-state index in [1.807, 2.05) is 85.6 Å². The summed E-state index contributed by atoms with van der Waals surface area (Å²) >= 11 is 0. The fourth-order valence-corrected chi connectivity index (χ4v) is 3.94. The monoisotopic (exact) mass is 413 g/mol. The zero-order valence-corrected chi connectivity index (χ0v) is 18.4. The zero-order valence-electron chi connectivity index (χ0n) is 18.4. The summed E-state index contributed by atoms with van der Waals surface area (Å²) in [7, 11) is 0. The zero-order chi connectivity index (χ0) is 22.0. The van der Waals surface area contributed by atoms with Crippen molar-refractivity contribution in [3.05, 3.63) is 100 Å². The molecule has 0 saturated heterocycles. The molecule has 0 saturated carbocycles. The lowest BCUT2D eigenvalue weighted by atomic mass is 10.1. The molecule has 4 rings (SSSR count). The number of para-hydroxylation sites is 1. The third kappa shape index (κ3) is 4.14. The van der Waals surface area contributed by atoms with E-state index in [-0.39, 0.29) is 5.91 Å². The van der Waals surface area contributed by atoms with Gasteiger partial charge in [-0.2, -0.15) is 10.2 Å². The smallest absolute Gasteiger partial charge is 0.255 e. The Labute approximate surface area is 182 Å². The van der Waals surface area contributed by atoms with Crippen LogP contribution in [0.3, 0.4) is 0 Å². The third-order valence-corrected chi connectivity index (χ3v) is 5.65. The Morgan fingerprint density at radius 2 is 1.48 bits per heavy atom. The molecule has 0 unspecified atom stereocenters. The molecule has 0 spiro atoms. The molecular formula is C25H27N5O. The quantitative estimate of drug-likeness (QED) is 0.513. The van der Waals surface area contributed by atoms with E-state index in [2.05, 4.69) is 27.6 Å². The number of hydrogen-bond donors (Lipinski definition) is 1. The van der Waals surface area contributed by atoms with Crippen molar-refractivity contribution in [2.75, 3.05) is 0 Å². The highest BCUT2D eigenvalue weighted by Crippen LogP contribution is 2.19. The summed E-state index contributed by atoms with van der Waals surface area (Å²) in [5.41, 5.74) is 7.37. The first-order valence-corrected chi connectivity index (χ1v) is 10.4. The number of nitrogens with one attached hydrogen (secondary N) is 1. The number of aromatic nitrogens is 4. The van der Waals surface area contributed by atoms with Crippen LogP contribution in [0.15, 0.2) is 60.7 Å². The lowest BCUT2D eigenvalue weighted by molar-refractivity contribution is 0.0949. The summed E-state index contributed by atoms with van der Waals surface area (Å²) in [6.07, 6.45) is 0. The van der Waals surface area contributed by atoms with Gasteiger partial charge in [0.15, 0.2) is 0 Å². The van der Waals surface area contributed by atoms with Gasteiger partial charge in [-0.05, 0) is 45.4 Å². The van der Waals surface area contributed by atoms with Gasteiger partial charge in [-0.25, -0.2) is 4.68 Å². The van der Waals surface area contributed by atoms with Crippen molar-refractivity contribution in [3.8, 4) is 5.69 Å². The summed E-state index contributed by atoms with van der Waals surface area (Å²) in [5, 5.41) is 12.3. The standard InChI is InChI=1S/C25H27N5O/c1-17-23(19(3)30(28-17)22-13-9-6-10-14-22)15-26-25(31)24-18(2)27-29(20(24)4)16-21-11-7-5-8-12-21/h5-14H,15-16H2,1-4H3,(H,26,31). The molecule has 4 aromatic rings. The van der Waals surface area contributed by atoms with Crippen LogP contribution in [-0.4, -0.2) is 25.5 Å². The molecule has 0 aliphatic rings. The minimum atomic E-state index is -0.111. The number of nitrogens with zero attached hydrogens (tertiary/aromatic N) is 4. The summed E-state index contributed by atoms with van der Waals surface area (Å²) in [5.74, 6) is -0.111. The average molecular weight is 414 g/mol. The first-order valence-electron chi connectivity index (χ1n) is 10.4. The second-order valence-electron chi connectivity index (χ2n) is 7.77. The molecule has 0 atom stereocenters. The molecule has 6 nitrogen and oxygen atoms in total. The maximum absolute atomic E-state index is 13.0. The van der Waals surface area contributed by atoms with Crippen molar-refractivity contribution in [2.24, 2.45) is 0 Å². The van der Waals surface area contributed by atoms with Gasteiger partial charge in [-0.1, -0.05) is 48.5 Å². The molecule has 31 heavy (non-hydrogen) atoms. The van der Waals surface area contributed by atoms with Crippen LogP contribution in [0.4, 0.5) is 0 Å². The predicted octanol–water partition coefficient (Wildman–Crippen LogP) is 4.28. The van der Waals surface area contributed by atoms with Gasteiger partial charge in [0, 0.05) is 23.5 Å². The lowest BCUT2D eigenvalue weighted by Gasteiger charge is -2.08. The molecule has 2 aromatic heterocycles. The molecule has 6 heteroatoms. The lowest BCUT2D eigenvalue weighted by Crippen LogP contribution is -2.24. The van der Waals surface area contributed by atoms with Crippen LogP contribution in [0, 0.1) is 27.7 Å².